The quantitative estimate of drug-likeness (QED) is 0.582. The van der Waals surface area contributed by atoms with Gasteiger partial charge in [0.25, 0.3) is 11.8 Å². The molecular weight excluding hydrogens is 414 g/mol. The van der Waals surface area contributed by atoms with E-state index in [-0.39, 0.29) is 23.7 Å². The molecule has 4 rings (SSSR count). The average molecular weight is 434 g/mol. The maximum atomic E-state index is 13.4. The molecule has 0 spiro atoms. The summed E-state index contributed by atoms with van der Waals surface area (Å²) in [6, 6.07) is 16.0. The Morgan fingerprint density at radius 2 is 1.77 bits per heavy atom. The van der Waals surface area contributed by atoms with Crippen LogP contribution in [0.2, 0.25) is 5.02 Å². The van der Waals surface area contributed by atoms with E-state index in [1.54, 1.807) is 60.9 Å². The Hall–Kier alpha value is -3.64. The van der Waals surface area contributed by atoms with Gasteiger partial charge in [-0.1, -0.05) is 29.8 Å². The van der Waals surface area contributed by atoms with Gasteiger partial charge < -0.3 is 10.1 Å². The number of carbonyl (C=O) groups is 2. The Labute approximate surface area is 185 Å². The summed E-state index contributed by atoms with van der Waals surface area (Å²) in [5.41, 5.74) is 3.38. The first kappa shape index (κ1) is 20.6. The summed E-state index contributed by atoms with van der Waals surface area (Å²) in [4.78, 5) is 32.1. The zero-order valence-electron chi connectivity index (χ0n) is 17.1. The van der Waals surface area contributed by atoms with Gasteiger partial charge in [0.15, 0.2) is 0 Å². The second-order valence-electron chi connectivity index (χ2n) is 7.09. The van der Waals surface area contributed by atoms with Crippen molar-refractivity contribution < 1.29 is 14.3 Å². The van der Waals surface area contributed by atoms with E-state index in [4.69, 9.17) is 16.3 Å². The number of ether oxygens (including phenoxy) is 1. The first-order chi connectivity index (χ1) is 15.0. The number of hydrogen-bond acceptors (Lipinski definition) is 5. The molecule has 0 saturated carbocycles. The molecule has 0 radical (unpaired) electrons. The fourth-order valence-corrected chi connectivity index (χ4v) is 3.74. The average Bonchev–Trinajstić information content (AvgIpc) is 3.00. The summed E-state index contributed by atoms with van der Waals surface area (Å²) in [5, 5.41) is 3.77. The number of methoxy groups -OCH3 is 1. The molecule has 0 unspecified atom stereocenters. The smallest absolute Gasteiger partial charge is 0.278 e. The molecule has 31 heavy (non-hydrogen) atoms. The summed E-state index contributed by atoms with van der Waals surface area (Å²) in [5.74, 6) is -0.283. The minimum Gasteiger partial charge on any atom is -0.496 e. The molecule has 6 nitrogen and oxygen atoms in total. The van der Waals surface area contributed by atoms with Crippen LogP contribution in [0.5, 0.6) is 5.75 Å². The summed E-state index contributed by atoms with van der Waals surface area (Å²) in [6.45, 7) is 2.02. The van der Waals surface area contributed by atoms with E-state index in [2.05, 4.69) is 10.3 Å². The number of nitrogens with one attached hydrogen (secondary N) is 1. The maximum Gasteiger partial charge on any atom is 0.278 e. The van der Waals surface area contributed by atoms with Gasteiger partial charge in [0.2, 0.25) is 0 Å². The predicted octanol–water partition coefficient (Wildman–Crippen LogP) is 4.44. The van der Waals surface area contributed by atoms with Crippen LogP contribution in [0.15, 0.2) is 72.7 Å². The number of benzene rings is 2. The highest BCUT2D eigenvalue weighted by atomic mass is 35.5. The van der Waals surface area contributed by atoms with Gasteiger partial charge in [-0.2, -0.15) is 0 Å². The van der Waals surface area contributed by atoms with Crippen LogP contribution in [0.4, 0.5) is 5.69 Å². The van der Waals surface area contributed by atoms with Gasteiger partial charge in [-0.15, -0.1) is 0 Å². The number of pyridine rings is 1. The fourth-order valence-electron chi connectivity index (χ4n) is 3.51. The second kappa shape index (κ2) is 8.62. The van der Waals surface area contributed by atoms with Crippen molar-refractivity contribution in [2.45, 2.75) is 13.5 Å². The molecule has 7 heteroatoms. The molecule has 0 aliphatic carbocycles. The first-order valence-corrected chi connectivity index (χ1v) is 10.0. The third-order valence-corrected chi connectivity index (χ3v) is 5.32. The molecule has 0 fully saturated rings. The molecule has 3 aromatic rings. The number of nitrogens with zero attached hydrogens (tertiary/aromatic N) is 2. The molecular formula is C24H20ClN3O3. The molecule has 0 atom stereocenters. The number of para-hydroxylation sites is 1. The highest BCUT2D eigenvalue weighted by molar-refractivity contribution is 6.37. The predicted molar refractivity (Wildman–Crippen MR) is 120 cm³/mol. The number of imide groups is 1. The zero-order valence-corrected chi connectivity index (χ0v) is 17.8. The number of aromatic nitrogens is 1. The second-order valence-corrected chi connectivity index (χ2v) is 7.52. The fraction of sp³-hybridized carbons (Fsp3) is 0.125. The van der Waals surface area contributed by atoms with Crippen LogP contribution in [0.25, 0.3) is 5.57 Å². The van der Waals surface area contributed by atoms with Crippen LogP contribution in [-0.2, 0) is 16.1 Å². The van der Waals surface area contributed by atoms with Gasteiger partial charge in [-0.05, 0) is 54.4 Å². The van der Waals surface area contributed by atoms with E-state index in [9.17, 15) is 9.59 Å². The lowest BCUT2D eigenvalue weighted by atomic mass is 10.0. The lowest BCUT2D eigenvalue weighted by Gasteiger charge is -2.16. The number of amides is 2. The minimum atomic E-state index is -0.405. The highest BCUT2D eigenvalue weighted by Crippen LogP contribution is 2.36. The number of aryl methyl sites for hydroxylation is 1. The van der Waals surface area contributed by atoms with Gasteiger partial charge in [-0.25, -0.2) is 0 Å². The van der Waals surface area contributed by atoms with E-state index < -0.39 is 5.91 Å². The van der Waals surface area contributed by atoms with Crippen molar-refractivity contribution in [1.29, 1.82) is 0 Å². The molecule has 0 saturated heterocycles. The van der Waals surface area contributed by atoms with Crippen LogP contribution >= 0.6 is 11.6 Å². The Morgan fingerprint density at radius 3 is 2.48 bits per heavy atom. The number of carbonyl (C=O) groups excluding carboxylic acids is 2. The van der Waals surface area contributed by atoms with E-state index in [1.165, 1.54) is 12.0 Å². The Balaban J connectivity index is 1.80. The monoisotopic (exact) mass is 433 g/mol. The van der Waals surface area contributed by atoms with Crippen molar-refractivity contribution in [3.8, 4) is 5.75 Å². The van der Waals surface area contributed by atoms with Crippen molar-refractivity contribution in [1.82, 2.24) is 9.88 Å². The third-order valence-electron chi connectivity index (χ3n) is 5.08. The summed E-state index contributed by atoms with van der Waals surface area (Å²) in [6.07, 6.45) is 3.26. The molecule has 1 aliphatic heterocycles. The molecule has 1 aromatic heterocycles. The van der Waals surface area contributed by atoms with Crippen molar-refractivity contribution in [2.75, 3.05) is 12.4 Å². The van der Waals surface area contributed by atoms with Gasteiger partial charge in [0.05, 0.1) is 19.2 Å². The van der Waals surface area contributed by atoms with Crippen molar-refractivity contribution in [3.63, 3.8) is 0 Å². The van der Waals surface area contributed by atoms with Crippen LogP contribution < -0.4 is 10.1 Å². The van der Waals surface area contributed by atoms with Gasteiger partial charge in [0, 0.05) is 28.7 Å². The standard InChI is InChI=1S/C24H20ClN3O3/c1-15-13-17(25)7-8-19(15)27-22-21(18-5-3-4-6-20(18)31-2)23(29)28(24(22)30)14-16-9-11-26-12-10-16/h3-13,27H,14H2,1-2H3. The van der Waals surface area contributed by atoms with Crippen LogP contribution in [0.1, 0.15) is 16.7 Å². The van der Waals surface area contributed by atoms with Crippen molar-refractivity contribution >= 4 is 34.7 Å². The van der Waals surface area contributed by atoms with Gasteiger partial charge in [-0.3, -0.25) is 19.5 Å². The molecule has 2 aromatic carbocycles. The molecule has 2 heterocycles. The topological polar surface area (TPSA) is 71.5 Å². The lowest BCUT2D eigenvalue weighted by Crippen LogP contribution is -2.32. The Kier molecular flexibility index (Phi) is 5.73. The van der Waals surface area contributed by atoms with Crippen LogP contribution in [0.3, 0.4) is 0 Å². The molecule has 0 bridgehead atoms. The molecule has 156 valence electrons. The molecule has 1 aliphatic rings. The van der Waals surface area contributed by atoms with E-state index in [1.807, 2.05) is 13.0 Å². The highest BCUT2D eigenvalue weighted by Gasteiger charge is 2.40. The number of rotatable bonds is 6. The number of hydrogen-bond donors (Lipinski definition) is 1. The summed E-state index contributed by atoms with van der Waals surface area (Å²) < 4.78 is 5.46. The van der Waals surface area contributed by atoms with Crippen LogP contribution in [0, 0.1) is 6.92 Å². The van der Waals surface area contributed by atoms with Gasteiger partial charge in [0.1, 0.15) is 11.4 Å². The largest absolute Gasteiger partial charge is 0.496 e. The maximum absolute atomic E-state index is 13.4. The minimum absolute atomic E-state index is 0.142. The van der Waals surface area contributed by atoms with E-state index >= 15 is 0 Å². The Bertz CT molecular complexity index is 1190. The van der Waals surface area contributed by atoms with Gasteiger partial charge >= 0.3 is 0 Å². The Morgan fingerprint density at radius 1 is 1.03 bits per heavy atom. The van der Waals surface area contributed by atoms with Crippen molar-refractivity contribution in [2.24, 2.45) is 0 Å². The molecule has 2 amide bonds. The number of anilines is 1. The summed E-state index contributed by atoms with van der Waals surface area (Å²) >= 11 is 6.07. The van der Waals surface area contributed by atoms with Crippen LogP contribution in [-0.4, -0.2) is 28.8 Å². The van der Waals surface area contributed by atoms with Crippen molar-refractivity contribution in [3.05, 3.63) is 94.4 Å². The third kappa shape index (κ3) is 4.02. The zero-order chi connectivity index (χ0) is 22.0. The molecule has 1 N–H and O–H groups in total. The lowest BCUT2D eigenvalue weighted by molar-refractivity contribution is -0.137. The first-order valence-electron chi connectivity index (χ1n) is 9.65. The van der Waals surface area contributed by atoms with E-state index in [0.29, 0.717) is 22.0 Å². The van der Waals surface area contributed by atoms with E-state index in [0.717, 1.165) is 11.1 Å². The SMILES string of the molecule is COc1ccccc1C1=C(Nc2ccc(Cl)cc2C)C(=O)N(Cc2ccncc2)C1=O. The normalized spacial score (nSPS) is 13.7. The summed E-state index contributed by atoms with van der Waals surface area (Å²) in [7, 11) is 1.53. The number of halogens is 1.